The van der Waals surface area contributed by atoms with E-state index in [1.807, 2.05) is 6.07 Å². The van der Waals surface area contributed by atoms with Gasteiger partial charge in [0, 0.05) is 54.2 Å². The molecule has 8 aromatic carbocycles. The van der Waals surface area contributed by atoms with Crippen molar-refractivity contribution in [3.63, 3.8) is 0 Å². The SMILES string of the molecule is O=C1c2cc3c(cc2C2c4ccccc4C1c1ccccc12)c1c2c(cc4c5c6c(ncc5n3c41)=c1ccccc1=c1ccccc1=c1ccccc1=6)oc1ccccc12. The predicted octanol–water partition coefficient (Wildman–Crippen LogP) is 12.4. The van der Waals surface area contributed by atoms with Crippen molar-refractivity contribution in [3.05, 3.63) is 245 Å². The number of fused-ring (bicyclic) bond motifs is 15. The number of hydrogen-bond donors (Lipinski definition) is 0. The van der Waals surface area contributed by atoms with Gasteiger partial charge in [0.05, 0.1) is 34.0 Å². The number of Topliss-reactive ketones (excluding diaryl/α,β-unsaturated/α-hetero) is 1. The number of carbonyl (C=O) groups excluding carboxylic acids is 1. The van der Waals surface area contributed by atoms with Gasteiger partial charge in [0.2, 0.25) is 0 Å². The normalized spacial score (nSPS) is 16.0. The molecular formula is C56H30N2O2. The van der Waals surface area contributed by atoms with Crippen LogP contribution in [0.25, 0.3) is 60.0 Å². The molecule has 0 fully saturated rings. The Hall–Kier alpha value is -7.82. The van der Waals surface area contributed by atoms with Crippen LogP contribution in [0.3, 0.4) is 0 Å². The van der Waals surface area contributed by atoms with Crippen LogP contribution in [0.2, 0.25) is 0 Å². The third kappa shape index (κ3) is 3.62. The average Bonchev–Trinajstić information content (AvgIpc) is 3.91. The summed E-state index contributed by atoms with van der Waals surface area (Å²) in [6, 6.07) is 58.6. The van der Waals surface area contributed by atoms with Gasteiger partial charge < -0.3 is 8.82 Å². The lowest BCUT2D eigenvalue weighted by Crippen LogP contribution is -2.19. The van der Waals surface area contributed by atoms with Crippen molar-refractivity contribution >= 4 is 65.8 Å². The summed E-state index contributed by atoms with van der Waals surface area (Å²) < 4.78 is 9.24. The third-order valence-electron chi connectivity index (χ3n) is 14.1. The van der Waals surface area contributed by atoms with Gasteiger partial charge in [0.1, 0.15) is 11.2 Å². The molecule has 0 atom stereocenters. The summed E-state index contributed by atoms with van der Waals surface area (Å²) in [6.07, 6.45) is 2.07. The number of rotatable bonds is 0. The average molecular weight is 763 g/mol. The minimum absolute atomic E-state index is 0.0614. The van der Waals surface area contributed by atoms with Gasteiger partial charge in [-0.25, -0.2) is 0 Å². The van der Waals surface area contributed by atoms with Crippen molar-refractivity contribution in [3.8, 4) is 0 Å². The van der Waals surface area contributed by atoms with Crippen LogP contribution in [-0.4, -0.2) is 15.2 Å². The maximum atomic E-state index is 15.3. The number of nitrogens with zero attached hydrogens (tertiary/aromatic N) is 2. The largest absolute Gasteiger partial charge is 0.456 e. The quantitative estimate of drug-likeness (QED) is 0.155. The van der Waals surface area contributed by atoms with Gasteiger partial charge in [-0.1, -0.05) is 140 Å². The van der Waals surface area contributed by atoms with Crippen molar-refractivity contribution in [1.29, 1.82) is 0 Å². The highest BCUT2D eigenvalue weighted by Gasteiger charge is 2.43. The molecule has 0 spiro atoms. The Labute approximate surface area is 340 Å². The standard InChI is InChI=1S/C56H30N2O2/c59-56-41-26-44-42(25-40(41)48-34-18-6-8-20-36(34)49(56)37-21-9-7-19-35(37)48)53-51-39-23-11-12-24-46(39)60-47(51)27-43-50-45(58(44)55(43)53)28-57-54-38-22-10-4-16-32(38)30-14-2-1-13-29(30)31-15-3-5-17-33(31)52(50)54/h1-28,48-49H. The van der Waals surface area contributed by atoms with Crippen LogP contribution in [0, 0.1) is 41.9 Å². The highest BCUT2D eigenvalue weighted by Crippen LogP contribution is 2.54. The van der Waals surface area contributed by atoms with E-state index in [1.165, 1.54) is 26.8 Å². The second-order valence-corrected chi connectivity index (χ2v) is 16.8. The fraction of sp³-hybridized carbons (Fsp3) is 0.0357. The van der Waals surface area contributed by atoms with Crippen LogP contribution >= 0.6 is 0 Å². The fourth-order valence-corrected chi connectivity index (χ4v) is 11.8. The van der Waals surface area contributed by atoms with E-state index in [2.05, 4.69) is 168 Å². The molecular weight excluding hydrogens is 733 g/mol. The molecule has 4 nitrogen and oxygen atoms in total. The lowest BCUT2D eigenvalue weighted by molar-refractivity contribution is 0.0974. The number of pyridine rings is 1. The molecule has 4 heteroatoms. The van der Waals surface area contributed by atoms with Crippen molar-refractivity contribution in [2.75, 3.05) is 0 Å². The molecule has 12 aromatic rings. The molecule has 276 valence electrons. The molecule has 0 saturated carbocycles. The van der Waals surface area contributed by atoms with Gasteiger partial charge in [0.15, 0.2) is 5.78 Å². The van der Waals surface area contributed by atoms with Crippen molar-refractivity contribution in [1.82, 2.24) is 9.38 Å². The van der Waals surface area contributed by atoms with Crippen molar-refractivity contribution in [2.24, 2.45) is 0 Å². The van der Waals surface area contributed by atoms with E-state index in [0.717, 1.165) is 109 Å². The molecule has 0 N–H and O–H groups in total. The minimum Gasteiger partial charge on any atom is -0.456 e. The molecule has 16 rings (SSSR count). The van der Waals surface area contributed by atoms with E-state index >= 15 is 4.79 Å². The summed E-state index contributed by atoms with van der Waals surface area (Å²) in [5.41, 5.74) is 11.4. The molecule has 4 aliphatic carbocycles. The summed E-state index contributed by atoms with van der Waals surface area (Å²) in [7, 11) is 0. The van der Waals surface area contributed by atoms with Crippen LogP contribution in [-0.2, 0) is 0 Å². The molecule has 4 aliphatic rings. The summed E-state index contributed by atoms with van der Waals surface area (Å²) in [4.78, 5) is 20.7. The minimum atomic E-state index is -0.358. The molecule has 60 heavy (non-hydrogen) atoms. The predicted molar refractivity (Wildman–Crippen MR) is 236 cm³/mol. The van der Waals surface area contributed by atoms with Gasteiger partial charge in [-0.3, -0.25) is 9.78 Å². The van der Waals surface area contributed by atoms with Crippen molar-refractivity contribution in [2.45, 2.75) is 11.8 Å². The second kappa shape index (κ2) is 10.8. The molecule has 4 aromatic heterocycles. The number of aromatic nitrogens is 2. The molecule has 0 radical (unpaired) electrons. The van der Waals surface area contributed by atoms with Crippen LogP contribution in [0.5, 0.6) is 0 Å². The first-order valence-corrected chi connectivity index (χ1v) is 20.7. The maximum Gasteiger partial charge on any atom is 0.175 e. The zero-order valence-electron chi connectivity index (χ0n) is 32.0. The number of para-hydroxylation sites is 1. The monoisotopic (exact) mass is 762 g/mol. The summed E-state index contributed by atoms with van der Waals surface area (Å²) in [6.45, 7) is 0. The molecule has 0 saturated heterocycles. The van der Waals surface area contributed by atoms with Crippen LogP contribution in [0.4, 0.5) is 0 Å². The first-order valence-electron chi connectivity index (χ1n) is 20.7. The van der Waals surface area contributed by atoms with Gasteiger partial charge in [-0.05, 0) is 78.2 Å². The molecule has 2 bridgehead atoms. The Morgan fingerprint density at radius 1 is 0.450 bits per heavy atom. The summed E-state index contributed by atoms with van der Waals surface area (Å²) in [5, 5.41) is 15.7. The van der Waals surface area contributed by atoms with Crippen LogP contribution in [0.1, 0.15) is 50.0 Å². The van der Waals surface area contributed by atoms with E-state index in [4.69, 9.17) is 9.40 Å². The fourth-order valence-electron chi connectivity index (χ4n) is 11.8. The number of carbonyl (C=O) groups is 1. The zero-order valence-corrected chi connectivity index (χ0v) is 32.0. The first-order chi connectivity index (χ1) is 29.7. The maximum absolute atomic E-state index is 15.3. The summed E-state index contributed by atoms with van der Waals surface area (Å²) >= 11 is 0. The Bertz CT molecular complexity index is 4360. The Morgan fingerprint density at radius 2 is 1.02 bits per heavy atom. The molecule has 0 aliphatic heterocycles. The van der Waals surface area contributed by atoms with Gasteiger partial charge >= 0.3 is 0 Å². The highest BCUT2D eigenvalue weighted by atomic mass is 16.3. The van der Waals surface area contributed by atoms with E-state index in [-0.39, 0.29) is 17.6 Å². The number of ketones is 1. The highest BCUT2D eigenvalue weighted by molar-refractivity contribution is 6.35. The van der Waals surface area contributed by atoms with E-state index in [0.29, 0.717) is 0 Å². The lowest BCUT2D eigenvalue weighted by Gasteiger charge is -2.30. The molecule has 0 unspecified atom stereocenters. The summed E-state index contributed by atoms with van der Waals surface area (Å²) in [5.74, 6) is -0.264. The first kappa shape index (κ1) is 31.2. The van der Waals surface area contributed by atoms with Crippen molar-refractivity contribution < 1.29 is 9.21 Å². The van der Waals surface area contributed by atoms with Gasteiger partial charge in [-0.15, -0.1) is 0 Å². The number of benzene rings is 8. The van der Waals surface area contributed by atoms with Crippen LogP contribution in [0.15, 0.2) is 174 Å². The topological polar surface area (TPSA) is 47.5 Å². The second-order valence-electron chi connectivity index (χ2n) is 16.8. The number of hydrogen-bond acceptors (Lipinski definition) is 3. The van der Waals surface area contributed by atoms with Gasteiger partial charge in [0.25, 0.3) is 0 Å². The number of furan rings is 1. The lowest BCUT2D eigenvalue weighted by atomic mass is 9.72. The Balaban J connectivity index is 1.23. The van der Waals surface area contributed by atoms with Gasteiger partial charge in [-0.2, -0.15) is 0 Å². The van der Waals surface area contributed by atoms with E-state index in [9.17, 15) is 0 Å². The zero-order chi connectivity index (χ0) is 39.0. The molecule has 0 amide bonds. The Kier molecular flexibility index (Phi) is 5.62. The molecule has 4 heterocycles. The third-order valence-corrected chi connectivity index (χ3v) is 14.1. The van der Waals surface area contributed by atoms with E-state index in [1.54, 1.807) is 0 Å². The smallest absolute Gasteiger partial charge is 0.175 e. The van der Waals surface area contributed by atoms with Crippen LogP contribution < -0.4 is 0 Å². The Morgan fingerprint density at radius 3 is 1.72 bits per heavy atom. The van der Waals surface area contributed by atoms with E-state index < -0.39 is 0 Å².